The second-order valence-corrected chi connectivity index (χ2v) is 6.46. The van der Waals surface area contributed by atoms with Gasteiger partial charge >= 0.3 is 6.03 Å². The van der Waals surface area contributed by atoms with Crippen molar-refractivity contribution < 1.29 is 19.1 Å². The van der Waals surface area contributed by atoms with E-state index in [1.54, 1.807) is 24.3 Å². The summed E-state index contributed by atoms with van der Waals surface area (Å²) >= 11 is 0. The van der Waals surface area contributed by atoms with Crippen molar-refractivity contribution >= 4 is 29.6 Å². The van der Waals surface area contributed by atoms with Crippen LogP contribution in [0.2, 0.25) is 0 Å². The summed E-state index contributed by atoms with van der Waals surface area (Å²) in [5, 5.41) is 2.25. The number of hydrogen-bond donors (Lipinski definition) is 1. The lowest BCUT2D eigenvalue weighted by Gasteiger charge is -2.26. The van der Waals surface area contributed by atoms with Crippen LogP contribution in [-0.2, 0) is 16.1 Å². The predicted molar refractivity (Wildman–Crippen MR) is 106 cm³/mol. The number of nitrogens with one attached hydrogen (secondary N) is 1. The van der Waals surface area contributed by atoms with E-state index in [-0.39, 0.29) is 5.57 Å². The first-order chi connectivity index (χ1) is 13.4. The number of carbonyl (C=O) groups excluding carboxylic acids is 3. The summed E-state index contributed by atoms with van der Waals surface area (Å²) in [5.74, 6) is -0.827. The first kappa shape index (κ1) is 19.4. The molecule has 1 N–H and O–H groups in total. The molecular formula is C21H23N3O4. The normalized spacial score (nSPS) is 15.9. The molecule has 7 nitrogen and oxygen atoms in total. The summed E-state index contributed by atoms with van der Waals surface area (Å²) in [7, 11) is 0. The van der Waals surface area contributed by atoms with Gasteiger partial charge in [-0.05, 0) is 57.5 Å². The molecule has 146 valence electrons. The molecule has 0 atom stereocenters. The van der Waals surface area contributed by atoms with E-state index in [4.69, 9.17) is 4.74 Å². The third kappa shape index (κ3) is 3.43. The Bertz CT molecular complexity index is 988. The molecule has 1 aromatic heterocycles. The standard InChI is InChI=1S/C21H23N3O4/c1-5-23-13(3)10-15(14(23)4)11-18-19(25)22-21(27)24(20(18)26)16-8-7-9-17(12-16)28-6-2/h7-12H,5-6H2,1-4H3,(H,22,25,27). The Morgan fingerprint density at radius 1 is 1.11 bits per heavy atom. The molecule has 1 fully saturated rings. The quantitative estimate of drug-likeness (QED) is 0.637. The lowest BCUT2D eigenvalue weighted by Crippen LogP contribution is -2.54. The minimum Gasteiger partial charge on any atom is -0.494 e. The smallest absolute Gasteiger partial charge is 0.335 e. The Hall–Kier alpha value is -3.35. The maximum atomic E-state index is 13.0. The molecule has 0 spiro atoms. The number of carbonyl (C=O) groups is 3. The fourth-order valence-corrected chi connectivity index (χ4v) is 3.39. The van der Waals surface area contributed by atoms with Crippen molar-refractivity contribution in [2.45, 2.75) is 34.2 Å². The highest BCUT2D eigenvalue weighted by atomic mass is 16.5. The first-order valence-corrected chi connectivity index (χ1v) is 9.18. The van der Waals surface area contributed by atoms with Crippen LogP contribution in [0.5, 0.6) is 5.75 Å². The molecule has 0 unspecified atom stereocenters. The molecule has 3 rings (SSSR count). The van der Waals surface area contributed by atoms with Crippen molar-refractivity contribution in [3.8, 4) is 5.75 Å². The number of ether oxygens (including phenoxy) is 1. The summed E-state index contributed by atoms with van der Waals surface area (Å²) in [5.41, 5.74) is 3.02. The van der Waals surface area contributed by atoms with E-state index >= 15 is 0 Å². The van der Waals surface area contributed by atoms with Gasteiger partial charge in [-0.15, -0.1) is 0 Å². The zero-order valence-corrected chi connectivity index (χ0v) is 16.4. The zero-order valence-electron chi connectivity index (χ0n) is 16.4. The summed E-state index contributed by atoms with van der Waals surface area (Å²) in [6.07, 6.45) is 1.54. The first-order valence-electron chi connectivity index (χ1n) is 9.18. The maximum absolute atomic E-state index is 13.0. The fraction of sp³-hybridized carbons (Fsp3) is 0.286. The van der Waals surface area contributed by atoms with Crippen molar-refractivity contribution in [3.63, 3.8) is 0 Å². The number of urea groups is 1. The van der Waals surface area contributed by atoms with Crippen LogP contribution in [0.4, 0.5) is 10.5 Å². The molecule has 7 heteroatoms. The number of hydrogen-bond acceptors (Lipinski definition) is 4. The summed E-state index contributed by atoms with van der Waals surface area (Å²) in [6.45, 7) is 9.02. The van der Waals surface area contributed by atoms with Gasteiger partial charge < -0.3 is 9.30 Å². The number of aryl methyl sites for hydroxylation is 1. The SMILES string of the molecule is CCOc1cccc(N2C(=O)NC(=O)C(=Cc3cc(C)n(CC)c3C)C2=O)c1. The molecule has 1 saturated heterocycles. The van der Waals surface area contributed by atoms with Gasteiger partial charge in [0, 0.05) is 24.0 Å². The Kier molecular flexibility index (Phi) is 5.35. The number of aromatic nitrogens is 1. The highest BCUT2D eigenvalue weighted by Gasteiger charge is 2.37. The van der Waals surface area contributed by atoms with Crippen LogP contribution in [0.25, 0.3) is 6.08 Å². The molecule has 2 heterocycles. The second kappa shape index (κ2) is 7.72. The van der Waals surface area contributed by atoms with E-state index < -0.39 is 17.8 Å². The van der Waals surface area contributed by atoms with Crippen molar-refractivity contribution in [2.75, 3.05) is 11.5 Å². The van der Waals surface area contributed by atoms with Gasteiger partial charge in [-0.3, -0.25) is 14.9 Å². The number of benzene rings is 1. The third-order valence-electron chi connectivity index (χ3n) is 4.72. The molecule has 0 radical (unpaired) electrons. The number of amides is 4. The van der Waals surface area contributed by atoms with Gasteiger partial charge in [0.25, 0.3) is 11.8 Å². The van der Waals surface area contributed by atoms with Gasteiger partial charge in [-0.1, -0.05) is 6.07 Å². The van der Waals surface area contributed by atoms with E-state index in [0.717, 1.165) is 28.4 Å². The van der Waals surface area contributed by atoms with Crippen LogP contribution in [0, 0.1) is 13.8 Å². The molecule has 1 aliphatic rings. The van der Waals surface area contributed by atoms with E-state index in [1.807, 2.05) is 33.8 Å². The number of barbiturate groups is 1. The predicted octanol–water partition coefficient (Wildman–Crippen LogP) is 3.19. The molecule has 0 bridgehead atoms. The zero-order chi connectivity index (χ0) is 20.4. The molecular weight excluding hydrogens is 358 g/mol. The topological polar surface area (TPSA) is 80.6 Å². The van der Waals surface area contributed by atoms with Crippen LogP contribution in [0.1, 0.15) is 30.8 Å². The molecule has 1 aromatic carbocycles. The van der Waals surface area contributed by atoms with Crippen molar-refractivity contribution in [2.24, 2.45) is 0 Å². The maximum Gasteiger partial charge on any atom is 0.335 e. The van der Waals surface area contributed by atoms with E-state index in [0.29, 0.717) is 18.0 Å². The average molecular weight is 381 g/mol. The monoisotopic (exact) mass is 381 g/mol. The van der Waals surface area contributed by atoms with Gasteiger partial charge in [0.1, 0.15) is 11.3 Å². The Morgan fingerprint density at radius 2 is 1.86 bits per heavy atom. The van der Waals surface area contributed by atoms with Gasteiger partial charge in [-0.25, -0.2) is 9.69 Å². The van der Waals surface area contributed by atoms with E-state index in [1.165, 1.54) is 6.08 Å². The molecule has 2 aromatic rings. The Balaban J connectivity index is 2.02. The minimum atomic E-state index is -0.778. The van der Waals surface area contributed by atoms with Crippen LogP contribution < -0.4 is 15.0 Å². The molecule has 0 saturated carbocycles. The highest BCUT2D eigenvalue weighted by molar-refractivity contribution is 6.39. The van der Waals surface area contributed by atoms with Crippen LogP contribution in [0.3, 0.4) is 0 Å². The van der Waals surface area contributed by atoms with Crippen LogP contribution in [0.15, 0.2) is 35.9 Å². The molecule has 28 heavy (non-hydrogen) atoms. The summed E-state index contributed by atoms with van der Waals surface area (Å²) in [4.78, 5) is 38.7. The lowest BCUT2D eigenvalue weighted by atomic mass is 10.1. The average Bonchev–Trinajstić information content (AvgIpc) is 2.92. The summed E-state index contributed by atoms with van der Waals surface area (Å²) < 4.78 is 7.53. The fourth-order valence-electron chi connectivity index (χ4n) is 3.39. The van der Waals surface area contributed by atoms with Crippen molar-refractivity contribution in [1.29, 1.82) is 0 Å². The van der Waals surface area contributed by atoms with Gasteiger partial charge in [-0.2, -0.15) is 0 Å². The van der Waals surface area contributed by atoms with E-state index in [9.17, 15) is 14.4 Å². The molecule has 4 amide bonds. The van der Waals surface area contributed by atoms with E-state index in [2.05, 4.69) is 9.88 Å². The number of nitrogens with zero attached hydrogens (tertiary/aromatic N) is 2. The van der Waals surface area contributed by atoms with Gasteiger partial charge in [0.15, 0.2) is 0 Å². The molecule has 1 aliphatic heterocycles. The molecule has 0 aliphatic carbocycles. The van der Waals surface area contributed by atoms with Crippen molar-refractivity contribution in [1.82, 2.24) is 9.88 Å². The summed E-state index contributed by atoms with van der Waals surface area (Å²) in [6, 6.07) is 7.78. The van der Waals surface area contributed by atoms with Gasteiger partial charge in [0.2, 0.25) is 0 Å². The second-order valence-electron chi connectivity index (χ2n) is 6.46. The Labute approximate surface area is 163 Å². The van der Waals surface area contributed by atoms with Crippen molar-refractivity contribution in [3.05, 3.63) is 52.9 Å². The van der Waals surface area contributed by atoms with Gasteiger partial charge in [0.05, 0.1) is 12.3 Å². The number of rotatable bonds is 5. The number of anilines is 1. The van der Waals surface area contributed by atoms with Crippen LogP contribution in [-0.4, -0.2) is 29.0 Å². The number of imide groups is 2. The highest BCUT2D eigenvalue weighted by Crippen LogP contribution is 2.26. The lowest BCUT2D eigenvalue weighted by molar-refractivity contribution is -0.122. The third-order valence-corrected chi connectivity index (χ3v) is 4.72. The van der Waals surface area contributed by atoms with Crippen LogP contribution >= 0.6 is 0 Å². The largest absolute Gasteiger partial charge is 0.494 e. The Morgan fingerprint density at radius 3 is 2.50 bits per heavy atom. The minimum absolute atomic E-state index is 0.0854.